The normalized spacial score (nSPS) is 19.3. The summed E-state index contributed by atoms with van der Waals surface area (Å²) in [7, 11) is 3.91. The number of nitrogens with zero attached hydrogens (tertiary/aromatic N) is 3. The van der Waals surface area contributed by atoms with Gasteiger partial charge in [-0.15, -0.1) is 0 Å². The number of oxazole rings is 1. The Morgan fingerprint density at radius 1 is 1.13 bits per heavy atom. The second kappa shape index (κ2) is 11.5. The number of hydrogen-bond acceptors (Lipinski definition) is 6. The molecule has 2 atom stereocenters. The zero-order valence-electron chi connectivity index (χ0n) is 23.4. The summed E-state index contributed by atoms with van der Waals surface area (Å²) in [5, 5.41) is 4.22. The molecule has 8 heteroatoms. The van der Waals surface area contributed by atoms with Crippen LogP contribution in [0.5, 0.6) is 0 Å². The average molecular weight is 533 g/mol. The molecule has 3 heterocycles. The molecule has 1 aliphatic carbocycles. The van der Waals surface area contributed by atoms with E-state index < -0.39 is 0 Å². The van der Waals surface area contributed by atoms with Crippen LogP contribution in [0, 0.1) is 11.3 Å². The van der Waals surface area contributed by atoms with Crippen LogP contribution < -0.4 is 10.9 Å². The topological polar surface area (TPSA) is 97.4 Å². The van der Waals surface area contributed by atoms with Crippen LogP contribution in [0.3, 0.4) is 0 Å². The number of rotatable bonds is 11. The molecule has 1 aromatic carbocycles. The number of Topliss-reactive ketones (excluding diaryl/α,β-unsaturated/α-hetero) is 1. The summed E-state index contributed by atoms with van der Waals surface area (Å²) in [4.78, 5) is 44.0. The van der Waals surface area contributed by atoms with Crippen molar-refractivity contribution in [2.45, 2.75) is 70.8 Å². The number of likely N-dealkylation sites (tertiary alicyclic amines) is 1. The predicted octanol–water partition coefficient (Wildman–Crippen LogP) is 5.01. The van der Waals surface area contributed by atoms with Gasteiger partial charge in [0, 0.05) is 37.4 Å². The number of amides is 1. The predicted molar refractivity (Wildman–Crippen MR) is 151 cm³/mol. The number of carbonyl (C=O) groups is 2. The number of fused-ring (bicyclic) bond motifs is 1. The Labute approximate surface area is 229 Å². The number of piperidine rings is 1. The van der Waals surface area contributed by atoms with Gasteiger partial charge >= 0.3 is 0 Å². The van der Waals surface area contributed by atoms with Crippen molar-refractivity contribution in [2.24, 2.45) is 18.4 Å². The number of unbranched alkanes of at least 4 members (excludes halogenated alkanes) is 2. The highest BCUT2D eigenvalue weighted by Crippen LogP contribution is 2.59. The van der Waals surface area contributed by atoms with E-state index in [2.05, 4.69) is 22.2 Å². The Bertz CT molecular complexity index is 1400. The van der Waals surface area contributed by atoms with Crippen LogP contribution in [0.4, 0.5) is 0 Å². The quantitative estimate of drug-likeness (QED) is 0.349. The highest BCUT2D eigenvalue weighted by molar-refractivity contribution is 5.84. The van der Waals surface area contributed by atoms with Gasteiger partial charge in [-0.25, -0.2) is 4.98 Å². The number of pyridine rings is 1. The first kappa shape index (κ1) is 27.3. The van der Waals surface area contributed by atoms with Crippen LogP contribution >= 0.6 is 0 Å². The second-order valence-electron chi connectivity index (χ2n) is 11.5. The molecule has 0 unspecified atom stereocenters. The SMILES string of the molecule is CCC(=O)CCCCC[C@H](NC(=O)[C@H]1CC12CCN(C)CC2)c1ncc(-c2ccc3c(ccc(=O)n3C)c2)o1. The van der Waals surface area contributed by atoms with E-state index in [0.717, 1.165) is 68.1 Å². The molecule has 5 rings (SSSR count). The maximum Gasteiger partial charge on any atom is 0.250 e. The number of nitrogens with one attached hydrogen (secondary N) is 1. The summed E-state index contributed by atoms with van der Waals surface area (Å²) in [6.45, 7) is 4.00. The number of hydrogen-bond donors (Lipinski definition) is 1. The van der Waals surface area contributed by atoms with E-state index in [9.17, 15) is 14.4 Å². The molecule has 8 nitrogen and oxygen atoms in total. The minimum absolute atomic E-state index is 0.0486. The van der Waals surface area contributed by atoms with Gasteiger partial charge in [-0.1, -0.05) is 19.8 Å². The Morgan fingerprint density at radius 3 is 2.69 bits per heavy atom. The van der Waals surface area contributed by atoms with Gasteiger partial charge in [0.2, 0.25) is 11.8 Å². The summed E-state index contributed by atoms with van der Waals surface area (Å²) in [5.41, 5.74) is 1.84. The number of carbonyl (C=O) groups excluding carboxylic acids is 2. The summed E-state index contributed by atoms with van der Waals surface area (Å²) in [6.07, 6.45) is 9.42. The average Bonchev–Trinajstić information content (AvgIpc) is 3.42. The van der Waals surface area contributed by atoms with Gasteiger partial charge in [0.1, 0.15) is 11.8 Å². The third-order valence-electron chi connectivity index (χ3n) is 8.88. The number of benzene rings is 1. The van der Waals surface area contributed by atoms with Crippen molar-refractivity contribution in [2.75, 3.05) is 20.1 Å². The van der Waals surface area contributed by atoms with E-state index in [1.807, 2.05) is 31.2 Å². The lowest BCUT2D eigenvalue weighted by Gasteiger charge is -2.30. The Balaban J connectivity index is 1.30. The summed E-state index contributed by atoms with van der Waals surface area (Å²) < 4.78 is 7.87. The third-order valence-corrected chi connectivity index (χ3v) is 8.88. The smallest absolute Gasteiger partial charge is 0.250 e. The third kappa shape index (κ3) is 6.01. The molecule has 2 aliphatic rings. The maximum absolute atomic E-state index is 13.4. The molecule has 1 saturated carbocycles. The van der Waals surface area contributed by atoms with Crippen LogP contribution in [0.15, 0.2) is 45.7 Å². The zero-order chi connectivity index (χ0) is 27.6. The summed E-state index contributed by atoms with van der Waals surface area (Å²) >= 11 is 0. The molecule has 39 heavy (non-hydrogen) atoms. The van der Waals surface area contributed by atoms with E-state index in [-0.39, 0.29) is 28.8 Å². The monoisotopic (exact) mass is 532 g/mol. The van der Waals surface area contributed by atoms with E-state index in [1.54, 1.807) is 23.9 Å². The fraction of sp³-hybridized carbons (Fsp3) is 0.548. The van der Waals surface area contributed by atoms with Crippen LogP contribution in [-0.4, -0.2) is 46.3 Å². The Morgan fingerprint density at radius 2 is 1.92 bits per heavy atom. The number of aromatic nitrogens is 2. The Hall–Kier alpha value is -3.26. The van der Waals surface area contributed by atoms with Crippen LogP contribution in [-0.2, 0) is 16.6 Å². The van der Waals surface area contributed by atoms with E-state index in [1.165, 1.54) is 0 Å². The Kier molecular flexibility index (Phi) is 8.03. The van der Waals surface area contributed by atoms with Gasteiger partial charge < -0.3 is 19.2 Å². The van der Waals surface area contributed by atoms with Gasteiger partial charge in [-0.05, 0) is 87.3 Å². The van der Waals surface area contributed by atoms with E-state index in [4.69, 9.17) is 4.42 Å². The lowest BCUT2D eigenvalue weighted by molar-refractivity contribution is -0.124. The molecule has 1 amide bonds. The minimum atomic E-state index is -0.307. The van der Waals surface area contributed by atoms with Crippen molar-refractivity contribution >= 4 is 22.6 Å². The summed E-state index contributed by atoms with van der Waals surface area (Å²) in [6, 6.07) is 8.91. The number of ketones is 1. The molecule has 0 bridgehead atoms. The molecule has 1 aliphatic heterocycles. The summed E-state index contributed by atoms with van der Waals surface area (Å²) in [5.74, 6) is 1.62. The first-order valence-corrected chi connectivity index (χ1v) is 14.4. The second-order valence-corrected chi connectivity index (χ2v) is 11.5. The van der Waals surface area contributed by atoms with Gasteiger partial charge in [-0.2, -0.15) is 0 Å². The lowest BCUT2D eigenvalue weighted by atomic mass is 9.91. The van der Waals surface area contributed by atoms with Crippen molar-refractivity contribution < 1.29 is 14.0 Å². The van der Waals surface area contributed by atoms with Crippen molar-refractivity contribution in [1.82, 2.24) is 19.8 Å². The molecule has 0 radical (unpaired) electrons. The van der Waals surface area contributed by atoms with E-state index in [0.29, 0.717) is 36.7 Å². The first-order chi connectivity index (χ1) is 18.8. The molecule has 1 spiro atoms. The van der Waals surface area contributed by atoms with Crippen LogP contribution in [0.2, 0.25) is 0 Å². The van der Waals surface area contributed by atoms with Gasteiger partial charge in [0.15, 0.2) is 5.76 Å². The number of aryl methyl sites for hydroxylation is 1. The standard InChI is InChI=1S/C31H40N4O4/c1-4-23(36)8-6-5-7-9-25(33-29(38)24-19-31(24)14-16-34(2)17-15-31)30-32-20-27(39-30)22-10-12-26-21(18-22)11-13-28(37)35(26)3/h10-13,18,20,24-25H,4-9,14-17,19H2,1-3H3,(H,33,38)/t24-,25+/m1/s1. The lowest BCUT2D eigenvalue weighted by Crippen LogP contribution is -2.36. The van der Waals surface area contributed by atoms with Crippen molar-refractivity contribution in [3.63, 3.8) is 0 Å². The van der Waals surface area contributed by atoms with Gasteiger partial charge in [0.05, 0.1) is 11.7 Å². The minimum Gasteiger partial charge on any atom is -0.438 e. The molecule has 208 valence electrons. The molecular weight excluding hydrogens is 492 g/mol. The molecular formula is C31H40N4O4. The zero-order valence-corrected chi connectivity index (χ0v) is 23.4. The fourth-order valence-electron chi connectivity index (χ4n) is 6.01. The van der Waals surface area contributed by atoms with Gasteiger partial charge in [0.25, 0.3) is 5.56 Å². The van der Waals surface area contributed by atoms with Crippen LogP contribution in [0.25, 0.3) is 22.2 Å². The van der Waals surface area contributed by atoms with Crippen molar-refractivity contribution in [3.05, 3.63) is 52.8 Å². The van der Waals surface area contributed by atoms with E-state index >= 15 is 0 Å². The molecule has 1 N–H and O–H groups in total. The van der Waals surface area contributed by atoms with Crippen molar-refractivity contribution in [1.29, 1.82) is 0 Å². The maximum atomic E-state index is 13.4. The molecule has 3 aromatic rings. The molecule has 2 aromatic heterocycles. The largest absolute Gasteiger partial charge is 0.438 e. The van der Waals surface area contributed by atoms with Crippen LogP contribution in [0.1, 0.15) is 76.6 Å². The molecule has 2 fully saturated rings. The highest BCUT2D eigenvalue weighted by Gasteiger charge is 2.58. The first-order valence-electron chi connectivity index (χ1n) is 14.4. The van der Waals surface area contributed by atoms with Gasteiger partial charge in [-0.3, -0.25) is 14.4 Å². The van der Waals surface area contributed by atoms with Crippen molar-refractivity contribution in [3.8, 4) is 11.3 Å². The fourth-order valence-corrected chi connectivity index (χ4v) is 6.01. The highest BCUT2D eigenvalue weighted by atomic mass is 16.4. The molecule has 1 saturated heterocycles.